The fourth-order valence-corrected chi connectivity index (χ4v) is 3.58. The number of aryl methyl sites for hydroxylation is 2. The van der Waals surface area contributed by atoms with Crippen molar-refractivity contribution >= 4 is 11.8 Å². The minimum Gasteiger partial charge on any atom is -0.456 e. The van der Waals surface area contributed by atoms with Crippen molar-refractivity contribution in [3.8, 4) is 11.5 Å². The number of hydrogen-bond acceptors (Lipinski definition) is 4. The molecule has 0 radical (unpaired) electrons. The minimum atomic E-state index is -0.883. The fraction of sp³-hybridized carbons (Fsp3) is 0.200. The lowest BCUT2D eigenvalue weighted by molar-refractivity contribution is 0.0316. The third-order valence-corrected chi connectivity index (χ3v) is 5.11. The second-order valence-corrected chi connectivity index (χ2v) is 7.16. The van der Waals surface area contributed by atoms with Crippen molar-refractivity contribution in [2.45, 2.75) is 32.3 Å². The molecule has 0 N–H and O–H groups in total. The molecule has 4 rings (SSSR count). The SMILES string of the molecule is C[C@H](OC(=O)c1ccccc1Oc1ccccc1)C(=O)c1ccc2c(c1)CCC2. The lowest BCUT2D eigenvalue weighted by Crippen LogP contribution is -2.24. The Balaban J connectivity index is 1.48. The summed E-state index contributed by atoms with van der Waals surface area (Å²) >= 11 is 0. The third-order valence-electron chi connectivity index (χ3n) is 5.11. The summed E-state index contributed by atoms with van der Waals surface area (Å²) in [5.74, 6) is 0.226. The Labute approximate surface area is 170 Å². The summed E-state index contributed by atoms with van der Waals surface area (Å²) in [5, 5.41) is 0. The van der Waals surface area contributed by atoms with Crippen LogP contribution in [0.5, 0.6) is 11.5 Å². The van der Waals surface area contributed by atoms with Crippen LogP contribution in [0.3, 0.4) is 0 Å². The number of carbonyl (C=O) groups excluding carboxylic acids is 2. The van der Waals surface area contributed by atoms with Gasteiger partial charge < -0.3 is 9.47 Å². The highest BCUT2D eigenvalue weighted by molar-refractivity contribution is 6.02. The van der Waals surface area contributed by atoms with E-state index in [2.05, 4.69) is 0 Å². The standard InChI is InChI=1S/C25H22O4/c1-17(24(26)20-15-14-18-8-7-9-19(18)16-20)28-25(27)22-12-5-6-13-23(22)29-21-10-3-2-4-11-21/h2-6,10-17H,7-9H2,1H3/t17-/m0/s1. The van der Waals surface area contributed by atoms with Gasteiger partial charge in [0.1, 0.15) is 17.1 Å². The number of carbonyl (C=O) groups is 2. The van der Waals surface area contributed by atoms with E-state index >= 15 is 0 Å². The second-order valence-electron chi connectivity index (χ2n) is 7.16. The van der Waals surface area contributed by atoms with Gasteiger partial charge in [0.15, 0.2) is 6.10 Å². The van der Waals surface area contributed by atoms with Crippen LogP contribution in [-0.2, 0) is 17.6 Å². The zero-order valence-corrected chi connectivity index (χ0v) is 16.3. The molecule has 3 aromatic rings. The zero-order chi connectivity index (χ0) is 20.2. The number of Topliss-reactive ketones (excluding diaryl/α,β-unsaturated/α-hetero) is 1. The van der Waals surface area contributed by atoms with Gasteiger partial charge >= 0.3 is 5.97 Å². The minimum absolute atomic E-state index is 0.200. The summed E-state index contributed by atoms with van der Waals surface area (Å²) in [6, 6.07) is 21.8. The van der Waals surface area contributed by atoms with Crippen molar-refractivity contribution < 1.29 is 19.1 Å². The van der Waals surface area contributed by atoms with E-state index in [1.165, 1.54) is 11.1 Å². The average molecular weight is 386 g/mol. The van der Waals surface area contributed by atoms with Crippen LogP contribution in [0, 0.1) is 0 Å². The van der Waals surface area contributed by atoms with Crippen molar-refractivity contribution in [3.05, 3.63) is 95.1 Å². The van der Waals surface area contributed by atoms with Crippen molar-refractivity contribution in [1.82, 2.24) is 0 Å². The first kappa shape index (κ1) is 18.9. The first-order valence-electron chi connectivity index (χ1n) is 9.81. The Morgan fingerprint density at radius 3 is 2.41 bits per heavy atom. The molecule has 1 aliphatic carbocycles. The van der Waals surface area contributed by atoms with Gasteiger partial charge in [-0.25, -0.2) is 4.79 Å². The van der Waals surface area contributed by atoms with E-state index in [9.17, 15) is 9.59 Å². The molecule has 0 aliphatic heterocycles. The number of fused-ring (bicyclic) bond motifs is 1. The summed E-state index contributed by atoms with van der Waals surface area (Å²) in [5.41, 5.74) is 3.39. The molecule has 1 atom stereocenters. The lowest BCUT2D eigenvalue weighted by atomic mass is 10.0. The summed E-state index contributed by atoms with van der Waals surface area (Å²) in [6.45, 7) is 1.61. The molecule has 1 aliphatic rings. The Hall–Kier alpha value is -3.40. The van der Waals surface area contributed by atoms with Crippen molar-refractivity contribution in [2.75, 3.05) is 0 Å². The van der Waals surface area contributed by atoms with Crippen LogP contribution >= 0.6 is 0 Å². The van der Waals surface area contributed by atoms with Gasteiger partial charge in [0, 0.05) is 5.56 Å². The van der Waals surface area contributed by atoms with Crippen LogP contribution in [0.4, 0.5) is 0 Å². The van der Waals surface area contributed by atoms with Crippen LogP contribution in [0.1, 0.15) is 45.2 Å². The number of hydrogen-bond donors (Lipinski definition) is 0. The maximum absolute atomic E-state index is 12.8. The first-order valence-corrected chi connectivity index (χ1v) is 9.81. The smallest absolute Gasteiger partial charge is 0.342 e. The Morgan fingerprint density at radius 2 is 1.59 bits per heavy atom. The molecule has 29 heavy (non-hydrogen) atoms. The van der Waals surface area contributed by atoms with Crippen LogP contribution in [0.15, 0.2) is 72.8 Å². The largest absolute Gasteiger partial charge is 0.456 e. The predicted molar refractivity (Wildman–Crippen MR) is 111 cm³/mol. The number of ketones is 1. The van der Waals surface area contributed by atoms with E-state index in [-0.39, 0.29) is 11.3 Å². The summed E-state index contributed by atoms with van der Waals surface area (Å²) in [4.78, 5) is 25.5. The molecule has 0 saturated heterocycles. The molecule has 4 nitrogen and oxygen atoms in total. The van der Waals surface area contributed by atoms with E-state index < -0.39 is 12.1 Å². The topological polar surface area (TPSA) is 52.6 Å². The molecule has 0 aromatic heterocycles. The Morgan fingerprint density at radius 1 is 0.862 bits per heavy atom. The van der Waals surface area contributed by atoms with E-state index in [1.807, 2.05) is 48.5 Å². The van der Waals surface area contributed by atoms with Crippen molar-refractivity contribution in [3.63, 3.8) is 0 Å². The number of esters is 1. The van der Waals surface area contributed by atoms with Gasteiger partial charge in [-0.05, 0) is 67.6 Å². The zero-order valence-electron chi connectivity index (χ0n) is 16.3. The highest BCUT2D eigenvalue weighted by Crippen LogP contribution is 2.27. The molecular weight excluding hydrogens is 364 g/mol. The number of ether oxygens (including phenoxy) is 2. The second kappa shape index (κ2) is 8.31. The van der Waals surface area contributed by atoms with Gasteiger partial charge in [-0.2, -0.15) is 0 Å². The van der Waals surface area contributed by atoms with Gasteiger partial charge in [0.2, 0.25) is 5.78 Å². The fourth-order valence-electron chi connectivity index (χ4n) is 3.58. The molecule has 0 fully saturated rings. The number of para-hydroxylation sites is 2. The number of rotatable bonds is 6. The van der Waals surface area contributed by atoms with Crippen LogP contribution in [0.2, 0.25) is 0 Å². The molecule has 146 valence electrons. The van der Waals surface area contributed by atoms with E-state index in [4.69, 9.17) is 9.47 Å². The van der Waals surface area contributed by atoms with Gasteiger partial charge in [0.25, 0.3) is 0 Å². The van der Waals surface area contributed by atoms with Gasteiger partial charge in [-0.1, -0.05) is 42.5 Å². The Bertz CT molecular complexity index is 1040. The number of benzene rings is 3. The quantitative estimate of drug-likeness (QED) is 0.421. The normalized spacial score (nSPS) is 13.4. The molecule has 3 aromatic carbocycles. The predicted octanol–water partition coefficient (Wildman–Crippen LogP) is 5.40. The highest BCUT2D eigenvalue weighted by Gasteiger charge is 2.24. The molecule has 0 saturated carbocycles. The monoisotopic (exact) mass is 386 g/mol. The van der Waals surface area contributed by atoms with Gasteiger partial charge in [-0.15, -0.1) is 0 Å². The van der Waals surface area contributed by atoms with E-state index in [0.717, 1.165) is 19.3 Å². The average Bonchev–Trinajstić information content (AvgIpc) is 3.22. The van der Waals surface area contributed by atoms with E-state index in [0.29, 0.717) is 17.1 Å². The summed E-state index contributed by atoms with van der Waals surface area (Å²) in [6.07, 6.45) is 2.30. The van der Waals surface area contributed by atoms with Crippen molar-refractivity contribution in [2.24, 2.45) is 0 Å². The molecule has 0 amide bonds. The molecule has 0 heterocycles. The highest BCUT2D eigenvalue weighted by atomic mass is 16.5. The maximum atomic E-state index is 12.8. The lowest BCUT2D eigenvalue weighted by Gasteiger charge is -2.15. The summed E-state index contributed by atoms with van der Waals surface area (Å²) < 4.78 is 11.3. The molecular formula is C25H22O4. The third kappa shape index (κ3) is 4.21. The Kier molecular flexibility index (Phi) is 5.43. The van der Waals surface area contributed by atoms with Crippen LogP contribution in [-0.4, -0.2) is 17.9 Å². The van der Waals surface area contributed by atoms with E-state index in [1.54, 1.807) is 31.2 Å². The molecule has 0 bridgehead atoms. The van der Waals surface area contributed by atoms with Crippen LogP contribution < -0.4 is 4.74 Å². The molecule has 0 unspecified atom stereocenters. The molecule has 4 heteroatoms. The maximum Gasteiger partial charge on any atom is 0.342 e. The van der Waals surface area contributed by atoms with Crippen molar-refractivity contribution in [1.29, 1.82) is 0 Å². The molecule has 0 spiro atoms. The summed E-state index contributed by atoms with van der Waals surface area (Å²) in [7, 11) is 0. The van der Waals surface area contributed by atoms with Gasteiger partial charge in [-0.3, -0.25) is 4.79 Å². The van der Waals surface area contributed by atoms with Crippen LogP contribution in [0.25, 0.3) is 0 Å². The van der Waals surface area contributed by atoms with Gasteiger partial charge in [0.05, 0.1) is 0 Å². The first-order chi connectivity index (χ1) is 14.1.